The number of hydrogen-bond acceptors (Lipinski definition) is 9. The molecule has 0 aliphatic heterocycles. The number of nitrogens with two attached hydrogens (primary N) is 2. The Balaban J connectivity index is 2.86. The summed E-state index contributed by atoms with van der Waals surface area (Å²) in [6, 6.07) is -5.78. The van der Waals surface area contributed by atoms with Crippen molar-refractivity contribution >= 4 is 29.6 Å². The van der Waals surface area contributed by atoms with E-state index in [9.17, 15) is 39.3 Å². The second-order valence-electron chi connectivity index (χ2n) is 7.75. The number of aromatic amines is 1. The lowest BCUT2D eigenvalue weighted by atomic mass is 10.1. The third-order valence-corrected chi connectivity index (χ3v) is 4.75. The van der Waals surface area contributed by atoms with E-state index in [-0.39, 0.29) is 19.3 Å². The zero-order chi connectivity index (χ0) is 26.0. The third-order valence-electron chi connectivity index (χ3n) is 4.75. The van der Waals surface area contributed by atoms with Gasteiger partial charge in [0.15, 0.2) is 0 Å². The lowest BCUT2D eigenvalue weighted by Crippen LogP contribution is -2.62. The van der Waals surface area contributed by atoms with E-state index in [1.54, 1.807) is 0 Å². The number of primary amides is 1. The summed E-state index contributed by atoms with van der Waals surface area (Å²) in [6.07, 6.45) is -0.594. The molecule has 34 heavy (non-hydrogen) atoms. The molecule has 0 fully saturated rings. The van der Waals surface area contributed by atoms with Crippen LogP contribution in [0.15, 0.2) is 12.5 Å². The van der Waals surface area contributed by atoms with Crippen LogP contribution in [0.1, 0.15) is 32.4 Å². The Morgan fingerprint density at radius 3 is 1.97 bits per heavy atom. The fraction of sp³-hybridized carbons (Fsp3) is 0.579. The van der Waals surface area contributed by atoms with E-state index in [1.807, 2.05) is 0 Å². The minimum absolute atomic E-state index is 0.0700. The van der Waals surface area contributed by atoms with E-state index in [4.69, 9.17) is 11.5 Å². The summed E-state index contributed by atoms with van der Waals surface area (Å²) < 4.78 is 0. The Labute approximate surface area is 194 Å². The first-order valence-electron chi connectivity index (χ1n) is 10.3. The molecule has 6 unspecified atom stereocenters. The van der Waals surface area contributed by atoms with Gasteiger partial charge in [0, 0.05) is 24.7 Å². The largest absolute Gasteiger partial charge is 0.480 e. The lowest BCUT2D eigenvalue weighted by Gasteiger charge is -2.27. The van der Waals surface area contributed by atoms with Gasteiger partial charge in [-0.1, -0.05) is 0 Å². The number of aliphatic hydroxyl groups excluding tert-OH is 2. The highest BCUT2D eigenvalue weighted by atomic mass is 16.4. The van der Waals surface area contributed by atoms with E-state index in [0.29, 0.717) is 5.69 Å². The zero-order valence-electron chi connectivity index (χ0n) is 18.7. The number of hydrogen-bond donors (Lipinski definition) is 9. The number of amides is 4. The molecule has 15 heteroatoms. The van der Waals surface area contributed by atoms with Gasteiger partial charge in [-0.25, -0.2) is 9.78 Å². The van der Waals surface area contributed by atoms with Crippen molar-refractivity contribution in [1.82, 2.24) is 25.9 Å². The van der Waals surface area contributed by atoms with Crippen molar-refractivity contribution in [2.24, 2.45) is 11.5 Å². The molecule has 190 valence electrons. The summed E-state index contributed by atoms with van der Waals surface area (Å²) in [7, 11) is 0. The van der Waals surface area contributed by atoms with E-state index in [2.05, 4.69) is 25.9 Å². The summed E-state index contributed by atoms with van der Waals surface area (Å²) >= 11 is 0. The van der Waals surface area contributed by atoms with Gasteiger partial charge < -0.3 is 47.7 Å². The molecule has 0 aliphatic rings. The summed E-state index contributed by atoms with van der Waals surface area (Å²) in [4.78, 5) is 66.5. The fourth-order valence-electron chi connectivity index (χ4n) is 2.85. The van der Waals surface area contributed by atoms with Crippen LogP contribution in [0.5, 0.6) is 0 Å². The molecule has 0 saturated carbocycles. The van der Waals surface area contributed by atoms with Gasteiger partial charge in [0.2, 0.25) is 23.6 Å². The fourth-order valence-corrected chi connectivity index (χ4v) is 2.85. The summed E-state index contributed by atoms with van der Waals surface area (Å²) in [5.41, 5.74) is 11.4. The maximum atomic E-state index is 12.7. The first-order chi connectivity index (χ1) is 15.8. The maximum Gasteiger partial charge on any atom is 0.326 e. The van der Waals surface area contributed by atoms with E-state index < -0.39 is 66.0 Å². The number of nitrogens with one attached hydrogen (secondary N) is 4. The second-order valence-corrected chi connectivity index (χ2v) is 7.75. The topological polar surface area (TPSA) is 263 Å². The van der Waals surface area contributed by atoms with Gasteiger partial charge in [0.05, 0.1) is 24.6 Å². The van der Waals surface area contributed by atoms with Gasteiger partial charge in [-0.15, -0.1) is 0 Å². The molecule has 6 atom stereocenters. The van der Waals surface area contributed by atoms with Crippen LogP contribution in [-0.2, 0) is 30.4 Å². The first-order valence-corrected chi connectivity index (χ1v) is 10.3. The van der Waals surface area contributed by atoms with Crippen molar-refractivity contribution in [3.63, 3.8) is 0 Å². The Morgan fingerprint density at radius 1 is 1.00 bits per heavy atom. The van der Waals surface area contributed by atoms with Gasteiger partial charge >= 0.3 is 5.97 Å². The van der Waals surface area contributed by atoms with Crippen molar-refractivity contribution in [3.8, 4) is 0 Å². The molecule has 1 heterocycles. The van der Waals surface area contributed by atoms with E-state index >= 15 is 0 Å². The monoisotopic (exact) mass is 485 g/mol. The number of rotatable bonds is 14. The van der Waals surface area contributed by atoms with Gasteiger partial charge in [0.1, 0.15) is 18.1 Å². The number of carbonyl (C=O) groups excluding carboxylic acids is 4. The predicted octanol–water partition coefficient (Wildman–Crippen LogP) is -4.15. The highest BCUT2D eigenvalue weighted by molar-refractivity contribution is 5.94. The van der Waals surface area contributed by atoms with E-state index in [0.717, 1.165) is 0 Å². The molecular formula is C19H31N7O8. The predicted molar refractivity (Wildman–Crippen MR) is 115 cm³/mol. The normalized spacial score (nSPS) is 16.3. The van der Waals surface area contributed by atoms with Crippen LogP contribution < -0.4 is 27.4 Å². The number of carboxylic acids is 1. The summed E-state index contributed by atoms with van der Waals surface area (Å²) in [5.74, 6) is -5.09. The molecule has 0 bridgehead atoms. The minimum Gasteiger partial charge on any atom is -0.480 e. The van der Waals surface area contributed by atoms with Gasteiger partial charge in [0.25, 0.3) is 0 Å². The Hall–Kier alpha value is -3.56. The van der Waals surface area contributed by atoms with Crippen molar-refractivity contribution in [1.29, 1.82) is 0 Å². The summed E-state index contributed by atoms with van der Waals surface area (Å²) in [6.45, 7) is 2.38. The Bertz CT molecular complexity index is 859. The molecule has 4 amide bonds. The van der Waals surface area contributed by atoms with Crippen LogP contribution >= 0.6 is 0 Å². The smallest absolute Gasteiger partial charge is 0.326 e. The minimum atomic E-state index is -1.64. The van der Waals surface area contributed by atoms with Crippen LogP contribution in [-0.4, -0.2) is 91.3 Å². The van der Waals surface area contributed by atoms with Gasteiger partial charge in [-0.05, 0) is 20.3 Å². The van der Waals surface area contributed by atoms with Crippen molar-refractivity contribution in [2.45, 2.75) is 69.5 Å². The van der Waals surface area contributed by atoms with Gasteiger partial charge in [-0.2, -0.15) is 0 Å². The average Bonchev–Trinajstić information content (AvgIpc) is 3.24. The molecule has 0 aliphatic carbocycles. The summed E-state index contributed by atoms with van der Waals surface area (Å²) in [5, 5.41) is 35.7. The van der Waals surface area contributed by atoms with Crippen molar-refractivity contribution in [3.05, 3.63) is 18.2 Å². The zero-order valence-corrected chi connectivity index (χ0v) is 18.7. The number of aliphatic carboxylic acids is 1. The Kier molecular flexibility index (Phi) is 11.1. The SMILES string of the molecule is CC(O)C(NC(=O)C(N)Cc1cnc[nH]1)C(=O)NC(C(=O)NC(CCC(N)=O)C(=O)O)C(C)O. The molecule has 1 aromatic rings. The molecule has 1 aromatic heterocycles. The number of imidazole rings is 1. The molecule has 0 saturated heterocycles. The quantitative estimate of drug-likeness (QED) is 0.123. The number of aromatic nitrogens is 2. The van der Waals surface area contributed by atoms with E-state index in [1.165, 1.54) is 26.4 Å². The maximum absolute atomic E-state index is 12.7. The first kappa shape index (κ1) is 28.5. The van der Waals surface area contributed by atoms with Crippen molar-refractivity contribution in [2.75, 3.05) is 0 Å². The number of carbonyl (C=O) groups is 5. The van der Waals surface area contributed by atoms with Crippen LogP contribution in [0.25, 0.3) is 0 Å². The van der Waals surface area contributed by atoms with Crippen molar-refractivity contribution < 1.29 is 39.3 Å². The second kappa shape index (κ2) is 13.2. The highest BCUT2D eigenvalue weighted by Crippen LogP contribution is 2.04. The molecule has 0 radical (unpaired) electrons. The highest BCUT2D eigenvalue weighted by Gasteiger charge is 2.34. The van der Waals surface area contributed by atoms with Crippen LogP contribution in [0.2, 0.25) is 0 Å². The molecule has 0 spiro atoms. The Morgan fingerprint density at radius 2 is 1.53 bits per heavy atom. The molecule has 15 nitrogen and oxygen atoms in total. The number of H-pyrrole nitrogens is 1. The average molecular weight is 485 g/mol. The number of nitrogens with zero attached hydrogens (tertiary/aromatic N) is 1. The number of carboxylic acid groups (broad SMARTS) is 1. The molecule has 1 rings (SSSR count). The molecule has 11 N–H and O–H groups in total. The third kappa shape index (κ3) is 9.13. The molecular weight excluding hydrogens is 454 g/mol. The number of aliphatic hydroxyl groups is 2. The van der Waals surface area contributed by atoms with Gasteiger partial charge in [-0.3, -0.25) is 19.2 Å². The van der Waals surface area contributed by atoms with Crippen LogP contribution in [0.3, 0.4) is 0 Å². The standard InChI is InChI=1S/C19H31N7O8/c1-8(27)14(17(31)24-12(19(33)34)3-4-13(21)29)26-18(32)15(9(2)28)25-16(30)11(20)5-10-6-22-7-23-10/h6-9,11-12,14-15,27-28H,3-5,20H2,1-2H3,(H2,21,29)(H,22,23)(H,24,31)(H,25,30)(H,26,32)(H,33,34). The van der Waals surface area contributed by atoms with Crippen LogP contribution in [0.4, 0.5) is 0 Å². The van der Waals surface area contributed by atoms with Crippen LogP contribution in [0, 0.1) is 0 Å². The molecule has 0 aromatic carbocycles. The lowest BCUT2D eigenvalue weighted by molar-refractivity contribution is -0.143.